The third kappa shape index (κ3) is 2.70. The minimum atomic E-state index is -0.342. The number of rotatable bonds is 4. The third-order valence-electron chi connectivity index (χ3n) is 2.31. The van der Waals surface area contributed by atoms with Crippen molar-refractivity contribution in [3.63, 3.8) is 0 Å². The van der Waals surface area contributed by atoms with Gasteiger partial charge in [0.25, 0.3) is 5.91 Å². The molecule has 96 valence electrons. The van der Waals surface area contributed by atoms with Crippen molar-refractivity contribution in [3.05, 3.63) is 23.8 Å². The highest BCUT2D eigenvalue weighted by Crippen LogP contribution is 2.07. The summed E-state index contributed by atoms with van der Waals surface area (Å²) in [7, 11) is 1.77. The van der Waals surface area contributed by atoms with Crippen LogP contribution in [-0.4, -0.2) is 35.9 Å². The van der Waals surface area contributed by atoms with Gasteiger partial charge < -0.3 is 5.32 Å². The predicted octanol–water partition coefficient (Wildman–Crippen LogP) is -0.0134. The average molecular weight is 249 g/mol. The van der Waals surface area contributed by atoms with E-state index < -0.39 is 0 Å². The van der Waals surface area contributed by atoms with E-state index in [1.807, 2.05) is 13.8 Å². The Hall–Kier alpha value is -2.25. The number of aryl methyl sites for hydroxylation is 1. The standard InChI is InChI=1S/C10H15N7O/c1-6(2)8-13-9(15-14-8)10(18)11-4-7-12-5-17(3)16-7/h5-6H,4H2,1-3H3,(H,11,18)(H,13,14,15). The molecular weight excluding hydrogens is 234 g/mol. The van der Waals surface area contributed by atoms with E-state index in [1.54, 1.807) is 18.1 Å². The van der Waals surface area contributed by atoms with Crippen LogP contribution in [0.1, 0.15) is 42.0 Å². The number of nitrogens with zero attached hydrogens (tertiary/aromatic N) is 5. The van der Waals surface area contributed by atoms with Crippen molar-refractivity contribution in [3.8, 4) is 0 Å². The molecule has 0 fully saturated rings. The summed E-state index contributed by atoms with van der Waals surface area (Å²) < 4.78 is 1.57. The topological polar surface area (TPSA) is 101 Å². The highest BCUT2D eigenvalue weighted by atomic mass is 16.2. The summed E-state index contributed by atoms with van der Waals surface area (Å²) in [5.74, 6) is 1.23. The van der Waals surface area contributed by atoms with Crippen LogP contribution in [0.2, 0.25) is 0 Å². The van der Waals surface area contributed by atoms with Crippen molar-refractivity contribution in [2.24, 2.45) is 7.05 Å². The van der Waals surface area contributed by atoms with E-state index in [0.717, 1.165) is 0 Å². The fourth-order valence-corrected chi connectivity index (χ4v) is 1.34. The molecule has 0 radical (unpaired) electrons. The van der Waals surface area contributed by atoms with Crippen molar-refractivity contribution < 1.29 is 4.79 Å². The molecule has 0 spiro atoms. The van der Waals surface area contributed by atoms with Crippen molar-refractivity contribution >= 4 is 5.91 Å². The van der Waals surface area contributed by atoms with Gasteiger partial charge in [0.15, 0.2) is 5.82 Å². The number of hydrogen-bond donors (Lipinski definition) is 2. The number of carbonyl (C=O) groups excluding carboxylic acids is 1. The van der Waals surface area contributed by atoms with Gasteiger partial charge in [-0.25, -0.2) is 9.97 Å². The molecule has 2 heterocycles. The van der Waals surface area contributed by atoms with Crippen LogP contribution in [0.25, 0.3) is 0 Å². The smallest absolute Gasteiger partial charge is 0.291 e. The molecule has 0 aliphatic heterocycles. The van der Waals surface area contributed by atoms with Crippen LogP contribution >= 0.6 is 0 Å². The molecule has 8 heteroatoms. The summed E-state index contributed by atoms with van der Waals surface area (Å²) in [6.45, 7) is 4.20. The second kappa shape index (κ2) is 4.94. The SMILES string of the molecule is CC(C)c1nc(C(=O)NCc2ncn(C)n2)n[nH]1. The van der Waals surface area contributed by atoms with Crippen molar-refractivity contribution in [2.45, 2.75) is 26.3 Å². The summed E-state index contributed by atoms with van der Waals surface area (Å²) in [4.78, 5) is 19.8. The lowest BCUT2D eigenvalue weighted by molar-refractivity contribution is 0.0940. The molecule has 2 rings (SSSR count). The molecule has 2 aromatic rings. The normalized spacial score (nSPS) is 10.9. The Balaban J connectivity index is 1.95. The zero-order valence-corrected chi connectivity index (χ0v) is 10.5. The van der Waals surface area contributed by atoms with Crippen LogP contribution in [0.3, 0.4) is 0 Å². The zero-order chi connectivity index (χ0) is 13.1. The van der Waals surface area contributed by atoms with Crippen LogP contribution in [0.4, 0.5) is 0 Å². The van der Waals surface area contributed by atoms with Gasteiger partial charge in [-0.1, -0.05) is 13.8 Å². The molecule has 2 aromatic heterocycles. The number of hydrogen-bond acceptors (Lipinski definition) is 5. The van der Waals surface area contributed by atoms with Crippen LogP contribution < -0.4 is 5.32 Å². The molecule has 8 nitrogen and oxygen atoms in total. The first kappa shape index (κ1) is 12.2. The third-order valence-corrected chi connectivity index (χ3v) is 2.31. The first-order valence-electron chi connectivity index (χ1n) is 5.61. The maximum Gasteiger partial charge on any atom is 0.291 e. The summed E-state index contributed by atoms with van der Waals surface area (Å²) in [6, 6.07) is 0. The molecule has 0 unspecified atom stereocenters. The molecule has 0 saturated carbocycles. The van der Waals surface area contributed by atoms with E-state index in [4.69, 9.17) is 0 Å². The van der Waals surface area contributed by atoms with E-state index >= 15 is 0 Å². The Labute approximate surface area is 104 Å². The number of aromatic amines is 1. The molecule has 2 N–H and O–H groups in total. The fourth-order valence-electron chi connectivity index (χ4n) is 1.34. The maximum atomic E-state index is 11.7. The van der Waals surface area contributed by atoms with E-state index in [-0.39, 0.29) is 24.2 Å². The minimum absolute atomic E-state index is 0.134. The summed E-state index contributed by atoms with van der Waals surface area (Å²) in [5.41, 5.74) is 0. The molecule has 0 aliphatic carbocycles. The second-order valence-electron chi connectivity index (χ2n) is 4.22. The molecule has 0 bridgehead atoms. The minimum Gasteiger partial charge on any atom is -0.342 e. The van der Waals surface area contributed by atoms with Crippen molar-refractivity contribution in [2.75, 3.05) is 0 Å². The van der Waals surface area contributed by atoms with Crippen LogP contribution in [0.5, 0.6) is 0 Å². The lowest BCUT2D eigenvalue weighted by Crippen LogP contribution is -2.24. The van der Waals surface area contributed by atoms with Gasteiger partial charge in [0.1, 0.15) is 12.2 Å². The van der Waals surface area contributed by atoms with Gasteiger partial charge in [0.2, 0.25) is 5.82 Å². The molecule has 0 saturated heterocycles. The van der Waals surface area contributed by atoms with Crippen LogP contribution in [0.15, 0.2) is 6.33 Å². The summed E-state index contributed by atoms with van der Waals surface area (Å²) >= 11 is 0. The largest absolute Gasteiger partial charge is 0.342 e. The molecule has 1 amide bonds. The Morgan fingerprint density at radius 3 is 2.89 bits per heavy atom. The Morgan fingerprint density at radius 1 is 1.56 bits per heavy atom. The van der Waals surface area contributed by atoms with Gasteiger partial charge >= 0.3 is 0 Å². The zero-order valence-electron chi connectivity index (χ0n) is 10.5. The monoisotopic (exact) mass is 249 g/mol. The van der Waals surface area contributed by atoms with Crippen LogP contribution in [-0.2, 0) is 13.6 Å². The summed E-state index contributed by atoms with van der Waals surface area (Å²) in [5, 5.41) is 13.3. The quantitative estimate of drug-likeness (QED) is 0.793. The Kier molecular flexibility index (Phi) is 3.35. The van der Waals surface area contributed by atoms with Crippen LogP contribution in [0, 0.1) is 0 Å². The summed E-state index contributed by atoms with van der Waals surface area (Å²) in [6.07, 6.45) is 1.57. The van der Waals surface area contributed by atoms with Gasteiger partial charge in [-0.15, -0.1) is 5.10 Å². The van der Waals surface area contributed by atoms with Gasteiger partial charge in [0.05, 0.1) is 6.54 Å². The number of amides is 1. The lowest BCUT2D eigenvalue weighted by atomic mass is 10.2. The average Bonchev–Trinajstić information content (AvgIpc) is 2.94. The van der Waals surface area contributed by atoms with Crippen molar-refractivity contribution in [1.29, 1.82) is 0 Å². The highest BCUT2D eigenvalue weighted by Gasteiger charge is 2.14. The first-order valence-corrected chi connectivity index (χ1v) is 5.61. The Bertz CT molecular complexity index is 542. The molecule has 18 heavy (non-hydrogen) atoms. The highest BCUT2D eigenvalue weighted by molar-refractivity contribution is 5.90. The predicted molar refractivity (Wildman–Crippen MR) is 62.6 cm³/mol. The van der Waals surface area contributed by atoms with Gasteiger partial charge in [0, 0.05) is 13.0 Å². The fraction of sp³-hybridized carbons (Fsp3) is 0.500. The molecular formula is C10H15N7O. The molecule has 0 aromatic carbocycles. The van der Waals surface area contributed by atoms with E-state index in [0.29, 0.717) is 11.6 Å². The van der Waals surface area contributed by atoms with Gasteiger partial charge in [-0.3, -0.25) is 14.6 Å². The Morgan fingerprint density at radius 2 is 2.33 bits per heavy atom. The lowest BCUT2D eigenvalue weighted by Gasteiger charge is -1.98. The van der Waals surface area contributed by atoms with Crippen molar-refractivity contribution in [1.82, 2.24) is 35.3 Å². The van der Waals surface area contributed by atoms with E-state index in [1.165, 1.54) is 0 Å². The number of H-pyrrole nitrogens is 1. The van der Waals surface area contributed by atoms with E-state index in [9.17, 15) is 4.79 Å². The van der Waals surface area contributed by atoms with Gasteiger partial charge in [-0.2, -0.15) is 5.10 Å². The first-order chi connectivity index (χ1) is 8.56. The number of carbonyl (C=O) groups is 1. The second-order valence-corrected chi connectivity index (χ2v) is 4.22. The number of nitrogens with one attached hydrogen (secondary N) is 2. The maximum absolute atomic E-state index is 11.7. The molecule has 0 atom stereocenters. The number of aromatic nitrogens is 6. The van der Waals surface area contributed by atoms with Gasteiger partial charge in [-0.05, 0) is 0 Å². The molecule has 0 aliphatic rings. The van der Waals surface area contributed by atoms with E-state index in [2.05, 4.69) is 30.6 Å².